The predicted molar refractivity (Wildman–Crippen MR) is 131 cm³/mol. The van der Waals surface area contributed by atoms with Gasteiger partial charge in [0.15, 0.2) is 5.89 Å². The van der Waals surface area contributed by atoms with E-state index < -0.39 is 0 Å². The number of piperidine rings is 1. The van der Waals surface area contributed by atoms with Gasteiger partial charge in [-0.05, 0) is 48.7 Å². The van der Waals surface area contributed by atoms with E-state index in [9.17, 15) is 4.79 Å². The number of ether oxygens (including phenoxy) is 2. The van der Waals surface area contributed by atoms with E-state index in [1.165, 1.54) is 0 Å². The van der Waals surface area contributed by atoms with E-state index in [0.29, 0.717) is 42.5 Å². The van der Waals surface area contributed by atoms with Gasteiger partial charge in [-0.15, -0.1) is 0 Å². The molecule has 8 heteroatoms. The van der Waals surface area contributed by atoms with E-state index in [0.717, 1.165) is 35.5 Å². The molecule has 1 N–H and O–H groups in total. The Labute approximate surface area is 203 Å². The minimum atomic E-state index is -0.0756. The zero-order valence-electron chi connectivity index (χ0n) is 19.9. The summed E-state index contributed by atoms with van der Waals surface area (Å²) in [5.74, 6) is 3.02. The Hall–Kier alpha value is -4.07. The monoisotopic (exact) mass is 472 g/mol. The second-order valence-electron chi connectivity index (χ2n) is 8.65. The number of aromatic nitrogens is 3. The van der Waals surface area contributed by atoms with Crippen molar-refractivity contribution in [2.45, 2.75) is 25.2 Å². The Balaban J connectivity index is 1.25. The molecule has 2 aromatic heterocycles. The number of para-hydroxylation sites is 1. The Morgan fingerprint density at radius 2 is 1.97 bits per heavy atom. The standard InChI is InChI=1S/C27H28N4O4/c1-33-20-11-9-18(10-12-20)14-21-16-28-26(35-21)19-6-5-13-31(17-19)27(32)24-15-23(29-30-24)22-7-3-4-8-25(22)34-2/h3-4,7-12,15-16,19H,5-6,13-14,17H2,1-2H3,(H,29,30)/t19-/m1/s1. The zero-order chi connectivity index (χ0) is 24.2. The van der Waals surface area contributed by atoms with Gasteiger partial charge in [0.05, 0.1) is 32.0 Å². The number of hydrogen-bond acceptors (Lipinski definition) is 6. The van der Waals surface area contributed by atoms with Gasteiger partial charge < -0.3 is 18.8 Å². The lowest BCUT2D eigenvalue weighted by Gasteiger charge is -2.30. The molecule has 0 unspecified atom stereocenters. The highest BCUT2D eigenvalue weighted by molar-refractivity contribution is 5.93. The van der Waals surface area contributed by atoms with Crippen molar-refractivity contribution in [1.29, 1.82) is 0 Å². The smallest absolute Gasteiger partial charge is 0.271 e. The maximum atomic E-state index is 13.2. The molecule has 1 amide bonds. The molecule has 5 rings (SSSR count). The third-order valence-electron chi connectivity index (χ3n) is 6.36. The summed E-state index contributed by atoms with van der Waals surface area (Å²) in [7, 11) is 3.28. The summed E-state index contributed by atoms with van der Waals surface area (Å²) in [6.45, 7) is 1.25. The van der Waals surface area contributed by atoms with Gasteiger partial charge in [0, 0.05) is 25.1 Å². The van der Waals surface area contributed by atoms with Crippen LogP contribution in [-0.4, -0.2) is 53.3 Å². The van der Waals surface area contributed by atoms with Crippen LogP contribution in [0.2, 0.25) is 0 Å². The third-order valence-corrected chi connectivity index (χ3v) is 6.36. The molecular formula is C27H28N4O4. The zero-order valence-corrected chi connectivity index (χ0v) is 19.9. The number of amides is 1. The van der Waals surface area contributed by atoms with Gasteiger partial charge in [0.1, 0.15) is 23.0 Å². The Bertz CT molecular complexity index is 1290. The first kappa shape index (κ1) is 22.7. The Kier molecular flexibility index (Phi) is 6.52. The van der Waals surface area contributed by atoms with Crippen molar-refractivity contribution in [2.75, 3.05) is 27.3 Å². The van der Waals surface area contributed by atoms with Crippen LogP contribution in [0.3, 0.4) is 0 Å². The van der Waals surface area contributed by atoms with Crippen LogP contribution in [0, 0.1) is 0 Å². The average Bonchev–Trinajstić information content (AvgIpc) is 3.59. The summed E-state index contributed by atoms with van der Waals surface area (Å²) < 4.78 is 16.7. The number of aromatic amines is 1. The molecule has 3 heterocycles. The average molecular weight is 473 g/mol. The van der Waals surface area contributed by atoms with Gasteiger partial charge in [-0.3, -0.25) is 9.89 Å². The highest BCUT2D eigenvalue weighted by atomic mass is 16.5. The van der Waals surface area contributed by atoms with E-state index in [1.807, 2.05) is 53.4 Å². The fourth-order valence-corrected chi connectivity index (χ4v) is 4.50. The summed E-state index contributed by atoms with van der Waals surface area (Å²) >= 11 is 0. The number of nitrogens with one attached hydrogen (secondary N) is 1. The second kappa shape index (κ2) is 10.0. The highest BCUT2D eigenvalue weighted by Crippen LogP contribution is 2.30. The van der Waals surface area contributed by atoms with Crippen LogP contribution in [0.1, 0.15) is 46.5 Å². The lowest BCUT2D eigenvalue weighted by Crippen LogP contribution is -2.39. The molecule has 0 aliphatic carbocycles. The van der Waals surface area contributed by atoms with Crippen molar-refractivity contribution in [3.05, 3.63) is 83.7 Å². The maximum absolute atomic E-state index is 13.2. The predicted octanol–water partition coefficient (Wildman–Crippen LogP) is 4.69. The normalized spacial score (nSPS) is 15.7. The summed E-state index contributed by atoms with van der Waals surface area (Å²) in [6, 6.07) is 17.3. The van der Waals surface area contributed by atoms with Gasteiger partial charge in [-0.1, -0.05) is 24.3 Å². The van der Waals surface area contributed by atoms with Crippen LogP contribution >= 0.6 is 0 Å². The Morgan fingerprint density at radius 1 is 1.14 bits per heavy atom. The molecule has 1 aliphatic heterocycles. The first-order valence-corrected chi connectivity index (χ1v) is 11.7. The summed E-state index contributed by atoms with van der Waals surface area (Å²) in [6.07, 6.45) is 4.27. The Morgan fingerprint density at radius 3 is 2.77 bits per heavy atom. The van der Waals surface area contributed by atoms with Gasteiger partial charge in [-0.2, -0.15) is 5.10 Å². The first-order valence-electron chi connectivity index (χ1n) is 11.7. The van der Waals surface area contributed by atoms with Crippen LogP contribution in [0.5, 0.6) is 11.5 Å². The number of H-pyrrole nitrogens is 1. The number of likely N-dealkylation sites (tertiary alicyclic amines) is 1. The van der Waals surface area contributed by atoms with Crippen molar-refractivity contribution in [1.82, 2.24) is 20.1 Å². The molecule has 8 nitrogen and oxygen atoms in total. The first-order chi connectivity index (χ1) is 17.1. The van der Waals surface area contributed by atoms with Crippen LogP contribution in [0.15, 0.2) is 65.2 Å². The molecule has 4 aromatic rings. The van der Waals surface area contributed by atoms with E-state index in [4.69, 9.17) is 13.9 Å². The lowest BCUT2D eigenvalue weighted by atomic mass is 9.97. The molecular weight excluding hydrogens is 444 g/mol. The molecule has 0 saturated carbocycles. The molecule has 1 aliphatic rings. The van der Waals surface area contributed by atoms with Gasteiger partial charge in [0.2, 0.25) is 0 Å². The number of hydrogen-bond donors (Lipinski definition) is 1. The quantitative estimate of drug-likeness (QED) is 0.419. The van der Waals surface area contributed by atoms with Crippen LogP contribution in [0.4, 0.5) is 0 Å². The number of oxazole rings is 1. The fraction of sp³-hybridized carbons (Fsp3) is 0.296. The largest absolute Gasteiger partial charge is 0.497 e. The molecule has 0 spiro atoms. The molecule has 35 heavy (non-hydrogen) atoms. The van der Waals surface area contributed by atoms with Crippen LogP contribution < -0.4 is 9.47 Å². The van der Waals surface area contributed by atoms with E-state index >= 15 is 0 Å². The number of carbonyl (C=O) groups is 1. The highest BCUT2D eigenvalue weighted by Gasteiger charge is 2.29. The molecule has 180 valence electrons. The second-order valence-corrected chi connectivity index (χ2v) is 8.65. The minimum Gasteiger partial charge on any atom is -0.497 e. The number of nitrogens with zero attached hydrogens (tertiary/aromatic N) is 3. The molecule has 0 bridgehead atoms. The van der Waals surface area contributed by atoms with Gasteiger partial charge in [-0.25, -0.2) is 4.98 Å². The molecule has 1 atom stereocenters. The maximum Gasteiger partial charge on any atom is 0.271 e. The van der Waals surface area contributed by atoms with E-state index in [1.54, 1.807) is 26.5 Å². The molecule has 1 fully saturated rings. The molecule has 1 saturated heterocycles. The summed E-state index contributed by atoms with van der Waals surface area (Å²) in [4.78, 5) is 19.6. The van der Waals surface area contributed by atoms with Gasteiger partial charge >= 0.3 is 0 Å². The van der Waals surface area contributed by atoms with E-state index in [2.05, 4.69) is 15.2 Å². The number of benzene rings is 2. The van der Waals surface area contributed by atoms with Crippen molar-refractivity contribution in [3.63, 3.8) is 0 Å². The summed E-state index contributed by atoms with van der Waals surface area (Å²) in [5.41, 5.74) is 3.10. The van der Waals surface area contributed by atoms with E-state index in [-0.39, 0.29) is 11.8 Å². The number of carbonyl (C=O) groups excluding carboxylic acids is 1. The topological polar surface area (TPSA) is 93.5 Å². The van der Waals surface area contributed by atoms with Crippen LogP contribution in [0.25, 0.3) is 11.3 Å². The lowest BCUT2D eigenvalue weighted by molar-refractivity contribution is 0.0692. The van der Waals surface area contributed by atoms with Gasteiger partial charge in [0.25, 0.3) is 5.91 Å². The van der Waals surface area contributed by atoms with Crippen molar-refractivity contribution in [2.24, 2.45) is 0 Å². The number of methoxy groups -OCH3 is 2. The van der Waals surface area contributed by atoms with Crippen molar-refractivity contribution >= 4 is 5.91 Å². The summed E-state index contributed by atoms with van der Waals surface area (Å²) in [5, 5.41) is 7.25. The van der Waals surface area contributed by atoms with Crippen molar-refractivity contribution < 1.29 is 18.7 Å². The molecule has 2 aromatic carbocycles. The SMILES string of the molecule is COc1ccc(Cc2cnc([C@@H]3CCCN(C(=O)c4cc(-c5ccccc5OC)n[nH]4)C3)o2)cc1. The minimum absolute atomic E-state index is 0.0638. The third kappa shape index (κ3) is 4.91. The fourth-order valence-electron chi connectivity index (χ4n) is 4.50. The molecule has 0 radical (unpaired) electrons. The van der Waals surface area contributed by atoms with Crippen LogP contribution in [-0.2, 0) is 6.42 Å². The number of rotatable bonds is 7. The van der Waals surface area contributed by atoms with Crippen molar-refractivity contribution in [3.8, 4) is 22.8 Å².